The SMILES string of the molecule is CCCCCCCCCCCCCCCCCCCCc1c(C)c2c[c]([Sn]([CH3])([CH3])[CH3])sc2c2s[c]([Sn]([CH3])[CH3])cc12. The molecule has 2 aromatic heterocycles. The van der Waals surface area contributed by atoms with E-state index in [1.807, 2.05) is 0 Å². The van der Waals surface area contributed by atoms with Crippen LogP contribution in [0.2, 0.25) is 24.7 Å². The predicted molar refractivity (Wildman–Crippen MR) is 195 cm³/mol. The van der Waals surface area contributed by atoms with Gasteiger partial charge < -0.3 is 0 Å². The molecule has 2 heterocycles. The number of benzene rings is 1. The number of aryl methyl sites for hydroxylation is 2. The Labute approximate surface area is 268 Å². The molecule has 1 radical (unpaired) electrons. The van der Waals surface area contributed by atoms with E-state index in [-0.39, 0.29) is 0 Å². The Bertz CT molecular complexity index is 1130. The van der Waals surface area contributed by atoms with Gasteiger partial charge in [0.25, 0.3) is 0 Å². The van der Waals surface area contributed by atoms with Crippen LogP contribution in [0.1, 0.15) is 134 Å². The molecule has 0 saturated heterocycles. The third-order valence-corrected chi connectivity index (χ3v) is 27.4. The number of thiophene rings is 2. The molecule has 0 fully saturated rings. The van der Waals surface area contributed by atoms with Crippen LogP contribution in [0.15, 0.2) is 12.1 Å². The molecule has 0 aliphatic heterocycles. The molecule has 0 bridgehead atoms. The van der Waals surface area contributed by atoms with E-state index in [0.717, 1.165) is 0 Å². The van der Waals surface area contributed by atoms with Crippen LogP contribution in [0, 0.1) is 6.92 Å². The third kappa shape index (κ3) is 11.0. The molecule has 0 spiro atoms. The number of hydrogen-bond acceptors (Lipinski definition) is 2. The molecule has 0 atom stereocenters. The third-order valence-electron chi connectivity index (χ3n) is 8.86. The van der Waals surface area contributed by atoms with E-state index in [9.17, 15) is 0 Å². The summed E-state index contributed by atoms with van der Waals surface area (Å²) in [5.74, 6) is 0. The van der Waals surface area contributed by atoms with E-state index >= 15 is 0 Å². The molecule has 0 saturated carbocycles. The van der Waals surface area contributed by atoms with Gasteiger partial charge in [0.1, 0.15) is 0 Å². The maximum atomic E-state index is 2.64. The Morgan fingerprint density at radius 1 is 0.600 bits per heavy atom. The van der Waals surface area contributed by atoms with Crippen molar-refractivity contribution in [2.24, 2.45) is 0 Å². The Morgan fingerprint density at radius 2 is 1.05 bits per heavy atom. The molecule has 0 aliphatic rings. The molecule has 4 heteroatoms. The van der Waals surface area contributed by atoms with Crippen molar-refractivity contribution < 1.29 is 0 Å². The quantitative estimate of drug-likeness (QED) is 0.0744. The maximum absolute atomic E-state index is 2.64. The van der Waals surface area contributed by atoms with Gasteiger partial charge in [0, 0.05) is 0 Å². The molecule has 0 nitrogen and oxygen atoms in total. The van der Waals surface area contributed by atoms with Crippen molar-refractivity contribution in [3.8, 4) is 0 Å². The molecule has 0 unspecified atom stereocenters. The van der Waals surface area contributed by atoms with Crippen LogP contribution in [-0.4, -0.2) is 38.1 Å². The first-order valence-electron chi connectivity index (χ1n) is 17.0. The van der Waals surface area contributed by atoms with Gasteiger partial charge >= 0.3 is 193 Å². The second-order valence-corrected chi connectivity index (χ2v) is 39.6. The van der Waals surface area contributed by atoms with Crippen LogP contribution in [0.4, 0.5) is 0 Å². The summed E-state index contributed by atoms with van der Waals surface area (Å²) >= 11 is 0.896. The summed E-state index contributed by atoms with van der Waals surface area (Å²) in [6, 6.07) is 5.27. The molecule has 3 aromatic rings. The van der Waals surface area contributed by atoms with Crippen LogP contribution in [-0.2, 0) is 6.42 Å². The van der Waals surface area contributed by atoms with Crippen LogP contribution in [0.5, 0.6) is 0 Å². The van der Waals surface area contributed by atoms with Gasteiger partial charge in [-0.3, -0.25) is 0 Å². The molecular weight excluding hydrogens is 734 g/mol. The molecular formula is C36H61S2Sn2. The number of fused-ring (bicyclic) bond motifs is 3. The van der Waals surface area contributed by atoms with Gasteiger partial charge in [-0.2, -0.15) is 0 Å². The van der Waals surface area contributed by atoms with Crippen molar-refractivity contribution in [1.82, 2.24) is 0 Å². The predicted octanol–water partition coefficient (Wildman–Crippen LogP) is 12.5. The van der Waals surface area contributed by atoms with Crippen LogP contribution >= 0.6 is 22.7 Å². The molecule has 1 aromatic carbocycles. The van der Waals surface area contributed by atoms with Crippen molar-refractivity contribution in [1.29, 1.82) is 0 Å². The van der Waals surface area contributed by atoms with Crippen LogP contribution in [0.25, 0.3) is 20.2 Å². The summed E-state index contributed by atoms with van der Waals surface area (Å²) in [5.41, 5.74) is 3.30. The van der Waals surface area contributed by atoms with E-state index < -0.39 is 38.1 Å². The van der Waals surface area contributed by atoms with Crippen molar-refractivity contribution in [2.75, 3.05) is 0 Å². The molecule has 40 heavy (non-hydrogen) atoms. The first kappa shape index (κ1) is 35.2. The van der Waals surface area contributed by atoms with Crippen molar-refractivity contribution in [2.45, 2.75) is 161 Å². The Morgan fingerprint density at radius 3 is 1.50 bits per heavy atom. The first-order chi connectivity index (χ1) is 19.2. The summed E-state index contributed by atoms with van der Waals surface area (Å²) in [7, 11) is 0. The van der Waals surface area contributed by atoms with Gasteiger partial charge in [-0.05, 0) is 0 Å². The van der Waals surface area contributed by atoms with Crippen molar-refractivity contribution in [3.05, 3.63) is 23.3 Å². The van der Waals surface area contributed by atoms with Crippen molar-refractivity contribution in [3.63, 3.8) is 0 Å². The van der Waals surface area contributed by atoms with E-state index in [1.54, 1.807) is 37.1 Å². The van der Waals surface area contributed by atoms with Gasteiger partial charge in [0.05, 0.1) is 0 Å². The normalized spacial score (nSPS) is 12.5. The second kappa shape index (κ2) is 18.5. The fourth-order valence-electron chi connectivity index (χ4n) is 6.13. The fraction of sp³-hybridized carbons (Fsp3) is 0.722. The average molecular weight is 795 g/mol. The number of hydrogen-bond donors (Lipinski definition) is 0. The van der Waals surface area contributed by atoms with Crippen LogP contribution in [0.3, 0.4) is 0 Å². The van der Waals surface area contributed by atoms with Gasteiger partial charge in [0.2, 0.25) is 0 Å². The van der Waals surface area contributed by atoms with Gasteiger partial charge in [0.15, 0.2) is 0 Å². The zero-order chi connectivity index (χ0) is 29.0. The van der Waals surface area contributed by atoms with Crippen LogP contribution < -0.4 is 5.79 Å². The summed E-state index contributed by atoms with van der Waals surface area (Å²) in [4.78, 5) is 12.8. The fourth-order valence-corrected chi connectivity index (χ4v) is 17.7. The summed E-state index contributed by atoms with van der Waals surface area (Å²) in [5, 5.41) is 3.23. The van der Waals surface area contributed by atoms with E-state index in [2.05, 4.69) is 73.4 Å². The van der Waals surface area contributed by atoms with E-state index in [4.69, 9.17) is 0 Å². The minimum absolute atomic E-state index is 1.28. The topological polar surface area (TPSA) is 0 Å². The minimum atomic E-state index is -2.07. The first-order valence-corrected chi connectivity index (χ1v) is 35.8. The molecule has 0 amide bonds. The zero-order valence-electron chi connectivity index (χ0n) is 27.4. The molecule has 0 N–H and O–H groups in total. The van der Waals surface area contributed by atoms with E-state index in [1.165, 1.54) is 122 Å². The van der Waals surface area contributed by atoms with Gasteiger partial charge in [-0.1, -0.05) is 77.6 Å². The van der Waals surface area contributed by atoms with Gasteiger partial charge in [-0.15, -0.1) is 0 Å². The number of rotatable bonds is 21. The van der Waals surface area contributed by atoms with Gasteiger partial charge in [-0.25, -0.2) is 0 Å². The number of unbranched alkanes of at least 4 members (excludes halogenated alkanes) is 17. The summed E-state index contributed by atoms with van der Waals surface area (Å²) in [6.45, 7) is 4.75. The Balaban J connectivity index is 1.36. The summed E-state index contributed by atoms with van der Waals surface area (Å²) < 4.78 is 6.77. The van der Waals surface area contributed by atoms with E-state index in [0.29, 0.717) is 0 Å². The standard InChI is InChI=1S/C31H46S2.5CH3.2Sn/c1-3-4-5-6-7-8-9-10-11-12-13-14-15-16-17-18-19-20-21-27-26(2)28-22-24-32-30(28)31-29(27)23-25-33-31;;;;;;;/h22-23H,3-21H2,1-2H3;5*1H3;;. The van der Waals surface area contributed by atoms with Crippen molar-refractivity contribution >= 4 is 86.8 Å². The second-order valence-electron chi connectivity index (χ2n) is 13.8. The molecule has 3 rings (SSSR count). The monoisotopic (exact) mass is 797 g/mol. The summed E-state index contributed by atoms with van der Waals surface area (Å²) in [6.07, 6.45) is 27.4. The zero-order valence-corrected chi connectivity index (χ0v) is 34.7. The Hall–Kier alpha value is 0.737. The molecule has 225 valence electrons. The Kier molecular flexibility index (Phi) is 16.3. The average Bonchev–Trinajstić information content (AvgIpc) is 3.55. The molecule has 0 aliphatic carbocycles.